The topological polar surface area (TPSA) is 38.3 Å². The van der Waals surface area contributed by atoms with Crippen LogP contribution in [-0.4, -0.2) is 12.5 Å². The molecular formula is C18H18ClNO2. The summed E-state index contributed by atoms with van der Waals surface area (Å²) >= 11 is 5.95. The molecule has 0 spiro atoms. The van der Waals surface area contributed by atoms with Gasteiger partial charge in [-0.3, -0.25) is 4.79 Å². The zero-order valence-electron chi connectivity index (χ0n) is 12.7. The number of anilines is 1. The lowest BCUT2D eigenvalue weighted by atomic mass is 10.1. The molecule has 0 fully saturated rings. The second-order valence-electron chi connectivity index (χ2n) is 5.18. The van der Waals surface area contributed by atoms with E-state index in [0.29, 0.717) is 28.6 Å². The Morgan fingerprint density at radius 3 is 2.55 bits per heavy atom. The molecule has 0 atom stereocenters. The van der Waals surface area contributed by atoms with Gasteiger partial charge in [0.05, 0.1) is 0 Å². The average molecular weight is 316 g/mol. The first kappa shape index (κ1) is 16.1. The maximum absolute atomic E-state index is 12.2. The van der Waals surface area contributed by atoms with Gasteiger partial charge in [-0.05, 0) is 61.4 Å². The maximum atomic E-state index is 12.2. The highest BCUT2D eigenvalue weighted by Gasteiger charge is 2.08. The number of nitrogens with one attached hydrogen (secondary N) is 1. The zero-order valence-corrected chi connectivity index (χ0v) is 13.4. The van der Waals surface area contributed by atoms with Gasteiger partial charge in [0.1, 0.15) is 12.4 Å². The minimum Gasteiger partial charge on any atom is -0.489 e. The van der Waals surface area contributed by atoms with E-state index in [4.69, 9.17) is 16.3 Å². The van der Waals surface area contributed by atoms with E-state index in [1.54, 1.807) is 36.4 Å². The van der Waals surface area contributed by atoms with Crippen LogP contribution in [0, 0.1) is 6.92 Å². The monoisotopic (exact) mass is 315 g/mol. The molecular weight excluding hydrogens is 298 g/mol. The van der Waals surface area contributed by atoms with Crippen LogP contribution in [0.1, 0.15) is 22.8 Å². The number of carbonyl (C=O) groups excluding carboxylic acids is 1. The van der Waals surface area contributed by atoms with E-state index < -0.39 is 0 Å². The van der Waals surface area contributed by atoms with Crippen LogP contribution < -0.4 is 10.1 Å². The number of ether oxygens (including phenoxy) is 1. The Bertz CT molecular complexity index is 693. The summed E-state index contributed by atoms with van der Waals surface area (Å²) < 4.78 is 5.51. The standard InChI is InChI=1S/C18H18ClNO2/c1-12(2)11-22-16-8-5-14(6-9-16)18(21)20-17-10-15(19)7-4-13(17)3/h4-10H,1,11H2,2-3H3,(H,20,21). The minimum atomic E-state index is -0.184. The van der Waals surface area contributed by atoms with Gasteiger partial charge < -0.3 is 10.1 Å². The fourth-order valence-corrected chi connectivity index (χ4v) is 2.00. The van der Waals surface area contributed by atoms with Crippen LogP contribution in [0.5, 0.6) is 5.75 Å². The SMILES string of the molecule is C=C(C)COc1ccc(C(=O)Nc2cc(Cl)ccc2C)cc1. The molecule has 0 aliphatic heterocycles. The van der Waals surface area contributed by atoms with Crippen molar-refractivity contribution in [1.29, 1.82) is 0 Å². The summed E-state index contributed by atoms with van der Waals surface area (Å²) in [5.41, 5.74) is 3.17. The highest BCUT2D eigenvalue weighted by Crippen LogP contribution is 2.21. The van der Waals surface area contributed by atoms with E-state index in [1.807, 2.05) is 19.9 Å². The van der Waals surface area contributed by atoms with Gasteiger partial charge in [0, 0.05) is 16.3 Å². The molecule has 0 saturated carbocycles. The third-order valence-corrected chi connectivity index (χ3v) is 3.28. The second kappa shape index (κ2) is 7.14. The van der Waals surface area contributed by atoms with Gasteiger partial charge in [-0.1, -0.05) is 24.2 Å². The maximum Gasteiger partial charge on any atom is 0.255 e. The van der Waals surface area contributed by atoms with E-state index >= 15 is 0 Å². The van der Waals surface area contributed by atoms with E-state index in [1.165, 1.54) is 0 Å². The largest absolute Gasteiger partial charge is 0.489 e. The Balaban J connectivity index is 2.06. The molecule has 22 heavy (non-hydrogen) atoms. The quantitative estimate of drug-likeness (QED) is 0.800. The van der Waals surface area contributed by atoms with Crippen molar-refractivity contribution >= 4 is 23.2 Å². The van der Waals surface area contributed by atoms with Gasteiger partial charge in [-0.15, -0.1) is 0 Å². The van der Waals surface area contributed by atoms with E-state index in [0.717, 1.165) is 11.1 Å². The molecule has 0 saturated heterocycles. The first-order chi connectivity index (χ1) is 10.5. The van der Waals surface area contributed by atoms with Crippen LogP contribution in [0.3, 0.4) is 0 Å². The summed E-state index contributed by atoms with van der Waals surface area (Å²) in [4.78, 5) is 12.2. The normalized spacial score (nSPS) is 10.1. The van der Waals surface area contributed by atoms with Gasteiger partial charge >= 0.3 is 0 Å². The lowest BCUT2D eigenvalue weighted by Gasteiger charge is -2.10. The molecule has 114 valence electrons. The number of hydrogen-bond acceptors (Lipinski definition) is 2. The Morgan fingerprint density at radius 2 is 1.91 bits per heavy atom. The lowest BCUT2D eigenvalue weighted by Crippen LogP contribution is -2.12. The van der Waals surface area contributed by atoms with Crippen molar-refractivity contribution in [2.45, 2.75) is 13.8 Å². The molecule has 1 amide bonds. The number of amides is 1. The van der Waals surface area contributed by atoms with Crippen LogP contribution in [-0.2, 0) is 0 Å². The summed E-state index contributed by atoms with van der Waals surface area (Å²) in [6.45, 7) is 8.06. The zero-order chi connectivity index (χ0) is 16.1. The molecule has 0 heterocycles. The smallest absolute Gasteiger partial charge is 0.255 e. The summed E-state index contributed by atoms with van der Waals surface area (Å²) in [5, 5.41) is 3.45. The lowest BCUT2D eigenvalue weighted by molar-refractivity contribution is 0.102. The Morgan fingerprint density at radius 1 is 1.23 bits per heavy atom. The molecule has 0 radical (unpaired) electrons. The fraction of sp³-hybridized carbons (Fsp3) is 0.167. The summed E-state index contributed by atoms with van der Waals surface area (Å²) in [6, 6.07) is 12.4. The van der Waals surface area contributed by atoms with E-state index in [9.17, 15) is 4.79 Å². The van der Waals surface area contributed by atoms with Gasteiger partial charge in [0.15, 0.2) is 0 Å². The van der Waals surface area contributed by atoms with Crippen molar-refractivity contribution in [2.75, 3.05) is 11.9 Å². The Hall–Kier alpha value is -2.26. The number of aryl methyl sites for hydroxylation is 1. The average Bonchev–Trinajstić information content (AvgIpc) is 2.49. The van der Waals surface area contributed by atoms with Crippen LogP contribution in [0.2, 0.25) is 5.02 Å². The van der Waals surface area contributed by atoms with Crippen molar-refractivity contribution in [3.05, 3.63) is 70.8 Å². The van der Waals surface area contributed by atoms with Crippen molar-refractivity contribution in [3.63, 3.8) is 0 Å². The number of benzene rings is 2. The van der Waals surface area contributed by atoms with Crippen molar-refractivity contribution in [3.8, 4) is 5.75 Å². The van der Waals surface area contributed by atoms with Crippen LogP contribution in [0.4, 0.5) is 5.69 Å². The minimum absolute atomic E-state index is 0.184. The molecule has 2 rings (SSSR count). The Kier molecular flexibility index (Phi) is 5.23. The van der Waals surface area contributed by atoms with Crippen molar-refractivity contribution in [1.82, 2.24) is 0 Å². The van der Waals surface area contributed by atoms with Crippen LogP contribution in [0.25, 0.3) is 0 Å². The van der Waals surface area contributed by atoms with Crippen LogP contribution >= 0.6 is 11.6 Å². The number of rotatable bonds is 5. The van der Waals surface area contributed by atoms with Gasteiger partial charge in [-0.2, -0.15) is 0 Å². The van der Waals surface area contributed by atoms with Gasteiger partial charge in [0.2, 0.25) is 0 Å². The summed E-state index contributed by atoms with van der Waals surface area (Å²) in [5.74, 6) is 0.523. The molecule has 3 nitrogen and oxygen atoms in total. The number of halogens is 1. The first-order valence-corrected chi connectivity index (χ1v) is 7.28. The summed E-state index contributed by atoms with van der Waals surface area (Å²) in [7, 11) is 0. The number of carbonyl (C=O) groups is 1. The molecule has 0 aliphatic rings. The van der Waals surface area contributed by atoms with Gasteiger partial charge in [0.25, 0.3) is 5.91 Å². The highest BCUT2D eigenvalue weighted by atomic mass is 35.5. The molecule has 0 aliphatic carbocycles. The van der Waals surface area contributed by atoms with Crippen molar-refractivity contribution in [2.24, 2.45) is 0 Å². The molecule has 0 unspecified atom stereocenters. The van der Waals surface area contributed by atoms with E-state index in [2.05, 4.69) is 11.9 Å². The fourth-order valence-electron chi connectivity index (χ4n) is 1.83. The van der Waals surface area contributed by atoms with Crippen molar-refractivity contribution < 1.29 is 9.53 Å². The first-order valence-electron chi connectivity index (χ1n) is 6.90. The predicted molar refractivity (Wildman–Crippen MR) is 90.9 cm³/mol. The Labute approximate surface area is 135 Å². The third-order valence-electron chi connectivity index (χ3n) is 3.05. The third kappa shape index (κ3) is 4.37. The van der Waals surface area contributed by atoms with E-state index in [-0.39, 0.29) is 5.91 Å². The van der Waals surface area contributed by atoms with Crippen LogP contribution in [0.15, 0.2) is 54.6 Å². The highest BCUT2D eigenvalue weighted by molar-refractivity contribution is 6.31. The molecule has 0 bridgehead atoms. The summed E-state index contributed by atoms with van der Waals surface area (Å²) in [6.07, 6.45) is 0. The predicted octanol–water partition coefficient (Wildman–Crippen LogP) is 4.86. The second-order valence-corrected chi connectivity index (χ2v) is 5.62. The molecule has 0 aromatic heterocycles. The molecule has 1 N–H and O–H groups in total. The molecule has 2 aromatic rings. The number of hydrogen-bond donors (Lipinski definition) is 1. The molecule has 4 heteroatoms. The molecule has 2 aromatic carbocycles. The van der Waals surface area contributed by atoms with Gasteiger partial charge in [-0.25, -0.2) is 0 Å².